The fourth-order valence-corrected chi connectivity index (χ4v) is 6.42. The van der Waals surface area contributed by atoms with Crippen molar-refractivity contribution in [2.75, 3.05) is 6.54 Å². The Morgan fingerprint density at radius 2 is 1.64 bits per heavy atom. The van der Waals surface area contributed by atoms with Gasteiger partial charge in [-0.1, -0.05) is 42.5 Å². The van der Waals surface area contributed by atoms with Crippen LogP contribution < -0.4 is 10.0 Å². The Labute approximate surface area is 237 Å². The Morgan fingerprint density at radius 1 is 0.972 bits per heavy atom. The smallest absolute Gasteiger partial charge is 0.328 e. The number of nitrogens with one attached hydrogen (secondary N) is 2. The molecular weight excluding hydrogens is 505 g/mol. The molecule has 11 heteroatoms. The van der Waals surface area contributed by atoms with Crippen molar-refractivity contribution in [1.82, 2.24) is 24.8 Å². The molecule has 2 aromatic heterocycles. The summed E-state index contributed by atoms with van der Waals surface area (Å²) in [5.41, 5.74) is 6.63. The first-order valence-electron chi connectivity index (χ1n) is 11.1. The normalized spacial score (nSPS) is 11.1. The van der Waals surface area contributed by atoms with Gasteiger partial charge in [0.1, 0.15) is 0 Å². The predicted octanol–water partition coefficient (Wildman–Crippen LogP) is 4.08. The summed E-state index contributed by atoms with van der Waals surface area (Å²) in [7, 11) is -3.94. The van der Waals surface area contributed by atoms with Gasteiger partial charge in [0.25, 0.3) is 10.0 Å². The molecule has 0 atom stereocenters. The predicted molar refractivity (Wildman–Crippen MR) is 143 cm³/mol. The van der Waals surface area contributed by atoms with Gasteiger partial charge in [0.2, 0.25) is 0 Å². The standard InChI is InChI=1S/C25H27N5O3S2.Na/c1-16-23(21-8-6-5-7-9-21)18(3)30(28-16)22-12-10-20(11-13-22)14-15-26-25(31)29-35(32,33)24-17(2)27-19(4)34-24;/h5-13H,14-15H2,1-4H3,(H2,26,29,31);. The summed E-state index contributed by atoms with van der Waals surface area (Å²) in [6.45, 7) is 7.68. The Kier molecular flexibility index (Phi) is 9.13. The molecule has 0 saturated heterocycles. The minimum atomic E-state index is -3.94. The molecule has 4 rings (SSSR count). The fraction of sp³-hybridized carbons (Fsp3) is 0.240. The molecule has 8 nitrogen and oxygen atoms in total. The third-order valence-electron chi connectivity index (χ3n) is 5.57. The number of benzene rings is 2. The molecule has 0 bridgehead atoms. The Hall–Kier alpha value is -2.50. The van der Waals surface area contributed by atoms with E-state index in [1.807, 2.05) is 54.1 Å². The van der Waals surface area contributed by atoms with E-state index in [1.165, 1.54) is 0 Å². The fourth-order valence-electron chi connectivity index (χ4n) is 4.01. The molecule has 0 aliphatic rings. The van der Waals surface area contributed by atoms with Crippen molar-refractivity contribution in [2.45, 2.75) is 38.3 Å². The van der Waals surface area contributed by atoms with E-state index >= 15 is 0 Å². The first-order chi connectivity index (χ1) is 16.7. The second kappa shape index (κ2) is 11.7. The summed E-state index contributed by atoms with van der Waals surface area (Å²) >= 11 is 1.04. The maximum Gasteiger partial charge on any atom is 0.328 e. The number of carbonyl (C=O) groups is 1. The molecule has 0 fully saturated rings. The van der Waals surface area contributed by atoms with Crippen LogP contribution in [0, 0.1) is 27.7 Å². The van der Waals surface area contributed by atoms with Crippen molar-refractivity contribution in [3.63, 3.8) is 0 Å². The number of aromatic nitrogens is 3. The van der Waals surface area contributed by atoms with Crippen LogP contribution in [0.3, 0.4) is 0 Å². The summed E-state index contributed by atoms with van der Waals surface area (Å²) in [4.78, 5) is 16.2. The number of amides is 2. The number of carbonyl (C=O) groups excluding carboxylic acids is 1. The largest absolute Gasteiger partial charge is 0.337 e. The van der Waals surface area contributed by atoms with Gasteiger partial charge in [-0.05, 0) is 57.4 Å². The Morgan fingerprint density at radius 3 is 2.25 bits per heavy atom. The van der Waals surface area contributed by atoms with E-state index in [4.69, 9.17) is 5.10 Å². The van der Waals surface area contributed by atoms with Crippen LogP contribution in [0.5, 0.6) is 0 Å². The van der Waals surface area contributed by atoms with E-state index in [0.717, 1.165) is 45.1 Å². The first-order valence-corrected chi connectivity index (χ1v) is 13.4. The van der Waals surface area contributed by atoms with Crippen LogP contribution >= 0.6 is 11.3 Å². The van der Waals surface area contributed by atoms with Gasteiger partial charge >= 0.3 is 6.03 Å². The first kappa shape index (κ1) is 28.1. The number of sulfonamides is 1. The maximum atomic E-state index is 12.4. The molecule has 2 N–H and O–H groups in total. The molecule has 0 spiro atoms. The van der Waals surface area contributed by atoms with Crippen LogP contribution in [0.25, 0.3) is 16.8 Å². The van der Waals surface area contributed by atoms with Gasteiger partial charge in [-0.15, -0.1) is 11.3 Å². The van der Waals surface area contributed by atoms with E-state index in [1.54, 1.807) is 13.8 Å². The Bertz CT molecular complexity index is 1460. The van der Waals surface area contributed by atoms with Crippen LogP contribution in [0.15, 0.2) is 58.8 Å². The number of aryl methyl sites for hydroxylation is 3. The van der Waals surface area contributed by atoms with Crippen molar-refractivity contribution < 1.29 is 13.2 Å². The van der Waals surface area contributed by atoms with Crippen LogP contribution in [0.2, 0.25) is 0 Å². The monoisotopic (exact) mass is 532 g/mol. The van der Waals surface area contributed by atoms with Crippen molar-refractivity contribution >= 4 is 56.9 Å². The third-order valence-corrected chi connectivity index (χ3v) is 8.58. The second-order valence-electron chi connectivity index (χ2n) is 8.21. The van der Waals surface area contributed by atoms with E-state index in [-0.39, 0.29) is 33.8 Å². The number of hydrogen-bond acceptors (Lipinski definition) is 6. The summed E-state index contributed by atoms with van der Waals surface area (Å²) < 4.78 is 28.9. The molecule has 183 valence electrons. The van der Waals surface area contributed by atoms with Crippen molar-refractivity contribution in [3.8, 4) is 16.8 Å². The minimum Gasteiger partial charge on any atom is -0.337 e. The van der Waals surface area contributed by atoms with Gasteiger partial charge < -0.3 is 5.32 Å². The summed E-state index contributed by atoms with van der Waals surface area (Å²) in [5, 5.41) is 7.96. The van der Waals surface area contributed by atoms with Gasteiger partial charge in [0.05, 0.1) is 22.1 Å². The van der Waals surface area contributed by atoms with Crippen LogP contribution in [0.4, 0.5) is 4.79 Å². The molecule has 2 amide bonds. The zero-order valence-electron chi connectivity index (χ0n) is 21.0. The summed E-state index contributed by atoms with van der Waals surface area (Å²) in [5.74, 6) is 0. The number of nitrogens with zero attached hydrogens (tertiary/aromatic N) is 3. The van der Waals surface area contributed by atoms with Crippen LogP contribution in [-0.2, 0) is 16.4 Å². The average Bonchev–Trinajstić information content (AvgIpc) is 3.32. The van der Waals surface area contributed by atoms with E-state index in [2.05, 4.69) is 34.1 Å². The molecular formula is C25H27N5NaO3S2. The van der Waals surface area contributed by atoms with Crippen LogP contribution in [-0.4, -0.2) is 65.3 Å². The minimum absolute atomic E-state index is 0. The molecule has 0 saturated carbocycles. The van der Waals surface area contributed by atoms with Crippen LogP contribution in [0.1, 0.15) is 27.7 Å². The van der Waals surface area contributed by atoms with Crippen molar-refractivity contribution in [1.29, 1.82) is 0 Å². The average molecular weight is 533 g/mol. The van der Waals surface area contributed by atoms with E-state index < -0.39 is 16.1 Å². The molecule has 0 aliphatic carbocycles. The summed E-state index contributed by atoms with van der Waals surface area (Å²) in [6, 6.07) is 17.4. The number of urea groups is 1. The van der Waals surface area contributed by atoms with Gasteiger partial charge in [-0.2, -0.15) is 5.10 Å². The van der Waals surface area contributed by atoms with Crippen molar-refractivity contribution in [2.24, 2.45) is 0 Å². The molecule has 2 aromatic carbocycles. The number of rotatable bonds is 7. The number of hydrogen-bond donors (Lipinski definition) is 2. The SMILES string of the molecule is Cc1nc(C)c(S(=O)(=O)NC(=O)NCCc2ccc(-n3nc(C)c(-c4ccccc4)c3C)cc2)s1.[Na]. The molecule has 1 radical (unpaired) electrons. The molecule has 0 aliphatic heterocycles. The zero-order chi connectivity index (χ0) is 25.2. The van der Waals surface area contributed by atoms with E-state index in [0.29, 0.717) is 23.7 Å². The van der Waals surface area contributed by atoms with Gasteiger partial charge in [0.15, 0.2) is 4.21 Å². The molecule has 4 aromatic rings. The molecule has 36 heavy (non-hydrogen) atoms. The zero-order valence-corrected chi connectivity index (χ0v) is 24.6. The summed E-state index contributed by atoms with van der Waals surface area (Å²) in [6.07, 6.45) is 0.554. The maximum absolute atomic E-state index is 12.4. The van der Waals surface area contributed by atoms with E-state index in [9.17, 15) is 13.2 Å². The topological polar surface area (TPSA) is 106 Å². The second-order valence-corrected chi connectivity index (χ2v) is 11.3. The van der Waals surface area contributed by atoms with Gasteiger partial charge in [-0.25, -0.2) is 27.6 Å². The Balaban J connectivity index is 0.00000361. The van der Waals surface area contributed by atoms with Crippen molar-refractivity contribution in [3.05, 3.63) is 82.3 Å². The van der Waals surface area contributed by atoms with Gasteiger partial charge in [-0.3, -0.25) is 0 Å². The third kappa shape index (κ3) is 6.24. The molecule has 0 unspecified atom stereocenters. The quantitative estimate of drug-likeness (QED) is 0.349. The van der Waals surface area contributed by atoms with Gasteiger partial charge in [0, 0.05) is 47.4 Å². The number of thiazole rings is 1. The molecule has 2 heterocycles.